The molecule has 0 saturated heterocycles. The van der Waals surface area contributed by atoms with E-state index in [1.807, 2.05) is 12.1 Å². The highest BCUT2D eigenvalue weighted by Gasteiger charge is 2.29. The Balaban J connectivity index is 2.24. The number of carbonyl (C=O) groups excluding carboxylic acids is 1. The Bertz CT molecular complexity index is 392. The molecule has 0 bridgehead atoms. The van der Waals surface area contributed by atoms with Crippen molar-refractivity contribution in [2.45, 2.75) is 38.0 Å². The van der Waals surface area contributed by atoms with E-state index in [4.69, 9.17) is 0 Å². The van der Waals surface area contributed by atoms with E-state index in [2.05, 4.69) is 6.07 Å². The van der Waals surface area contributed by atoms with Gasteiger partial charge in [0.15, 0.2) is 5.78 Å². The molecule has 3 rings (SSSR count). The third-order valence-corrected chi connectivity index (χ3v) is 3.62. The summed E-state index contributed by atoms with van der Waals surface area (Å²) in [5, 5.41) is 0. The van der Waals surface area contributed by atoms with Gasteiger partial charge in [0.1, 0.15) is 0 Å². The molecule has 0 spiro atoms. The van der Waals surface area contributed by atoms with E-state index in [1.165, 1.54) is 30.4 Å². The zero-order valence-electron chi connectivity index (χ0n) is 8.25. The largest absolute Gasteiger partial charge is 0.294 e. The molecule has 0 amide bonds. The molecule has 0 saturated carbocycles. The predicted octanol–water partition coefficient (Wildman–Crippen LogP) is 3.08. The summed E-state index contributed by atoms with van der Waals surface area (Å²) in [5.74, 6) is 1.05. The topological polar surface area (TPSA) is 17.1 Å². The van der Waals surface area contributed by atoms with Gasteiger partial charge in [0.25, 0.3) is 0 Å². The van der Waals surface area contributed by atoms with Crippen molar-refractivity contribution < 1.29 is 4.79 Å². The van der Waals surface area contributed by atoms with Gasteiger partial charge in [0.05, 0.1) is 0 Å². The molecule has 0 N–H and O–H groups in total. The van der Waals surface area contributed by atoms with E-state index in [0.717, 1.165) is 18.4 Å². The molecule has 1 nitrogen and oxygen atoms in total. The van der Waals surface area contributed by atoms with Crippen molar-refractivity contribution in [3.63, 3.8) is 0 Å². The minimum atomic E-state index is 0.361. The Morgan fingerprint density at radius 3 is 3.00 bits per heavy atom. The van der Waals surface area contributed by atoms with Crippen LogP contribution in [0.5, 0.6) is 0 Å². The highest BCUT2D eigenvalue weighted by molar-refractivity contribution is 5.99. The summed E-state index contributed by atoms with van der Waals surface area (Å²) in [6, 6.07) is 6.25. The van der Waals surface area contributed by atoms with Crippen LogP contribution in [0.4, 0.5) is 0 Å². The second kappa shape index (κ2) is 2.94. The Kier molecular flexibility index (Phi) is 1.73. The van der Waals surface area contributed by atoms with E-state index in [-0.39, 0.29) is 0 Å². The first-order valence-electron chi connectivity index (χ1n) is 5.51. The van der Waals surface area contributed by atoms with E-state index in [9.17, 15) is 4.79 Å². The summed E-state index contributed by atoms with van der Waals surface area (Å²) in [5.41, 5.74) is 3.86. The number of hydrogen-bond donors (Lipinski definition) is 0. The molecule has 1 unspecified atom stereocenters. The van der Waals surface area contributed by atoms with Crippen LogP contribution in [0.15, 0.2) is 18.2 Å². The summed E-state index contributed by atoms with van der Waals surface area (Å²) in [7, 11) is 0. The second-order valence-electron chi connectivity index (χ2n) is 4.43. The van der Waals surface area contributed by atoms with Crippen LogP contribution in [0.3, 0.4) is 0 Å². The lowest BCUT2D eigenvalue weighted by molar-refractivity contribution is 0.0964. The average Bonchev–Trinajstić information content (AvgIpc) is 2.24. The van der Waals surface area contributed by atoms with Crippen LogP contribution in [-0.4, -0.2) is 5.78 Å². The van der Waals surface area contributed by atoms with Crippen molar-refractivity contribution in [3.05, 3.63) is 34.9 Å². The van der Waals surface area contributed by atoms with Gasteiger partial charge in [0, 0.05) is 12.0 Å². The maximum Gasteiger partial charge on any atom is 0.163 e. The monoisotopic (exact) mass is 186 g/mol. The van der Waals surface area contributed by atoms with Gasteiger partial charge in [0.2, 0.25) is 0 Å². The van der Waals surface area contributed by atoms with E-state index in [1.54, 1.807) is 0 Å². The van der Waals surface area contributed by atoms with Gasteiger partial charge in [-0.2, -0.15) is 0 Å². The van der Waals surface area contributed by atoms with Crippen LogP contribution in [-0.2, 0) is 6.42 Å². The van der Waals surface area contributed by atoms with Gasteiger partial charge < -0.3 is 0 Å². The van der Waals surface area contributed by atoms with Crippen molar-refractivity contribution in [1.29, 1.82) is 0 Å². The van der Waals surface area contributed by atoms with Crippen molar-refractivity contribution in [2.24, 2.45) is 0 Å². The van der Waals surface area contributed by atoms with Crippen LogP contribution in [0.1, 0.15) is 53.1 Å². The summed E-state index contributed by atoms with van der Waals surface area (Å²) < 4.78 is 0. The quantitative estimate of drug-likeness (QED) is 0.608. The standard InChI is InChI=1S/C13H14O/c14-12-8-7-10-4-1-3-9-5-2-6-11(12)13(9)10/h2,5-6,10H,1,3-4,7-8H2. The lowest BCUT2D eigenvalue weighted by atomic mass is 9.73. The summed E-state index contributed by atoms with van der Waals surface area (Å²) in [6.45, 7) is 0. The fourth-order valence-corrected chi connectivity index (χ4v) is 2.97. The SMILES string of the molecule is O=C1CCC2CCCc3cccc1c32. The number of Topliss-reactive ketones (excluding diaryl/α,β-unsaturated/α-hetero) is 1. The molecule has 1 aromatic carbocycles. The Morgan fingerprint density at radius 2 is 2.07 bits per heavy atom. The molecule has 2 aliphatic carbocycles. The number of benzene rings is 1. The number of hydrogen-bond acceptors (Lipinski definition) is 1. The Labute approximate surface area is 84.1 Å². The van der Waals surface area contributed by atoms with Crippen molar-refractivity contribution >= 4 is 5.78 Å². The number of rotatable bonds is 0. The first-order chi connectivity index (χ1) is 6.86. The highest BCUT2D eigenvalue weighted by Crippen LogP contribution is 2.40. The first kappa shape index (κ1) is 8.22. The smallest absolute Gasteiger partial charge is 0.163 e. The maximum atomic E-state index is 11.7. The van der Waals surface area contributed by atoms with Crippen LogP contribution < -0.4 is 0 Å². The zero-order chi connectivity index (χ0) is 9.54. The van der Waals surface area contributed by atoms with Crippen molar-refractivity contribution in [1.82, 2.24) is 0 Å². The number of carbonyl (C=O) groups is 1. The summed E-state index contributed by atoms with van der Waals surface area (Å²) in [6.07, 6.45) is 5.61. The van der Waals surface area contributed by atoms with Gasteiger partial charge in [-0.25, -0.2) is 0 Å². The molecular formula is C13H14O. The Morgan fingerprint density at radius 1 is 1.14 bits per heavy atom. The molecule has 1 heteroatoms. The van der Waals surface area contributed by atoms with E-state index < -0.39 is 0 Å². The normalized spacial score (nSPS) is 24.6. The van der Waals surface area contributed by atoms with Gasteiger partial charge in [-0.3, -0.25) is 4.79 Å². The number of aryl methyl sites for hydroxylation is 1. The van der Waals surface area contributed by atoms with Crippen LogP contribution in [0.25, 0.3) is 0 Å². The minimum Gasteiger partial charge on any atom is -0.294 e. The molecule has 0 aromatic heterocycles. The maximum absolute atomic E-state index is 11.7. The first-order valence-corrected chi connectivity index (χ1v) is 5.51. The third kappa shape index (κ3) is 1.05. The molecule has 0 heterocycles. The third-order valence-electron chi connectivity index (χ3n) is 3.62. The van der Waals surface area contributed by atoms with Crippen LogP contribution in [0, 0.1) is 0 Å². The molecular weight excluding hydrogens is 172 g/mol. The zero-order valence-corrected chi connectivity index (χ0v) is 8.25. The van der Waals surface area contributed by atoms with Crippen LogP contribution in [0.2, 0.25) is 0 Å². The fraction of sp³-hybridized carbons (Fsp3) is 0.462. The molecule has 72 valence electrons. The van der Waals surface area contributed by atoms with Crippen LogP contribution >= 0.6 is 0 Å². The van der Waals surface area contributed by atoms with E-state index in [0.29, 0.717) is 11.7 Å². The summed E-state index contributed by atoms with van der Waals surface area (Å²) >= 11 is 0. The van der Waals surface area contributed by atoms with Gasteiger partial charge in [-0.15, -0.1) is 0 Å². The molecule has 2 aliphatic rings. The predicted molar refractivity (Wildman–Crippen MR) is 55.7 cm³/mol. The lowest BCUT2D eigenvalue weighted by Gasteiger charge is -2.31. The molecule has 1 aromatic rings. The van der Waals surface area contributed by atoms with Crippen molar-refractivity contribution in [3.8, 4) is 0 Å². The van der Waals surface area contributed by atoms with Crippen molar-refractivity contribution in [2.75, 3.05) is 0 Å². The van der Waals surface area contributed by atoms with Gasteiger partial charge in [-0.1, -0.05) is 18.2 Å². The molecule has 14 heavy (non-hydrogen) atoms. The highest BCUT2D eigenvalue weighted by atomic mass is 16.1. The van der Waals surface area contributed by atoms with Gasteiger partial charge in [-0.05, 0) is 42.7 Å². The van der Waals surface area contributed by atoms with Gasteiger partial charge >= 0.3 is 0 Å². The minimum absolute atomic E-state index is 0.361. The Hall–Kier alpha value is -1.11. The fourth-order valence-electron chi connectivity index (χ4n) is 2.97. The molecule has 0 fully saturated rings. The summed E-state index contributed by atoms with van der Waals surface area (Å²) in [4.78, 5) is 11.7. The van der Waals surface area contributed by atoms with E-state index >= 15 is 0 Å². The molecule has 0 aliphatic heterocycles. The number of ketones is 1. The molecule has 0 radical (unpaired) electrons. The molecule has 1 atom stereocenters. The lowest BCUT2D eigenvalue weighted by Crippen LogP contribution is -2.20. The average molecular weight is 186 g/mol. The second-order valence-corrected chi connectivity index (χ2v) is 4.43.